The monoisotopic (exact) mass is 157 g/mol. The Hall–Kier alpha value is -0.197. The zero-order valence-corrected chi connectivity index (χ0v) is 7.64. The summed E-state index contributed by atoms with van der Waals surface area (Å²) in [6, 6.07) is 12.5. The SMILES string of the molecule is [NH2-].[Zn+2].[c-]1ccccc1. The van der Waals surface area contributed by atoms with Crippen LogP contribution in [0.25, 0.3) is 6.15 Å². The number of nitrogens with two attached hydrogens (primary N) is 1. The van der Waals surface area contributed by atoms with E-state index in [1.807, 2.05) is 30.3 Å². The van der Waals surface area contributed by atoms with Crippen molar-refractivity contribution in [2.45, 2.75) is 0 Å². The van der Waals surface area contributed by atoms with E-state index >= 15 is 0 Å². The van der Waals surface area contributed by atoms with E-state index in [9.17, 15) is 0 Å². The molecule has 2 heteroatoms. The smallest absolute Gasteiger partial charge is 0.693 e. The molecule has 38 valence electrons. The van der Waals surface area contributed by atoms with Crippen LogP contribution in [0.1, 0.15) is 0 Å². The van der Waals surface area contributed by atoms with Crippen molar-refractivity contribution in [1.82, 2.24) is 0 Å². The van der Waals surface area contributed by atoms with Crippen molar-refractivity contribution in [3.63, 3.8) is 0 Å². The van der Waals surface area contributed by atoms with Crippen LogP contribution >= 0.6 is 0 Å². The van der Waals surface area contributed by atoms with Gasteiger partial charge in [0.1, 0.15) is 0 Å². The minimum atomic E-state index is 0. The normalized spacial score (nSPS) is 6.00. The predicted octanol–water partition coefficient (Wildman–Crippen LogP) is 2.20. The van der Waals surface area contributed by atoms with Crippen LogP contribution in [0.2, 0.25) is 0 Å². The van der Waals surface area contributed by atoms with E-state index < -0.39 is 0 Å². The van der Waals surface area contributed by atoms with Crippen molar-refractivity contribution in [2.75, 3.05) is 0 Å². The molecule has 2 N–H and O–H groups in total. The third kappa shape index (κ3) is 3.98. The van der Waals surface area contributed by atoms with Gasteiger partial charge in [-0.1, -0.05) is 0 Å². The maximum atomic E-state index is 2.89. The van der Waals surface area contributed by atoms with Gasteiger partial charge in [-0.3, -0.25) is 0 Å². The van der Waals surface area contributed by atoms with Gasteiger partial charge in [-0.05, 0) is 0 Å². The zero-order chi connectivity index (χ0) is 4.24. The first-order valence-electron chi connectivity index (χ1n) is 1.91. The molecule has 0 radical (unpaired) electrons. The van der Waals surface area contributed by atoms with Crippen LogP contribution in [-0.4, -0.2) is 0 Å². The molecule has 0 atom stereocenters. The summed E-state index contributed by atoms with van der Waals surface area (Å²) in [6.07, 6.45) is 0. The fraction of sp³-hybridized carbons (Fsp3) is 0. The largest absolute Gasteiger partial charge is 2.00 e. The van der Waals surface area contributed by atoms with Gasteiger partial charge in [0.15, 0.2) is 0 Å². The summed E-state index contributed by atoms with van der Waals surface area (Å²) in [6.45, 7) is 0. The van der Waals surface area contributed by atoms with Crippen LogP contribution in [0.5, 0.6) is 0 Å². The van der Waals surface area contributed by atoms with Gasteiger partial charge in [0.2, 0.25) is 0 Å². The van der Waals surface area contributed by atoms with Gasteiger partial charge in [0, 0.05) is 0 Å². The second kappa shape index (κ2) is 6.80. The number of hydrogen-bond donors (Lipinski definition) is 0. The molecule has 0 heterocycles. The summed E-state index contributed by atoms with van der Waals surface area (Å²) in [5.74, 6) is 0. The van der Waals surface area contributed by atoms with Gasteiger partial charge in [0.25, 0.3) is 0 Å². The molecule has 0 unspecified atom stereocenters. The molecule has 0 aromatic heterocycles. The molecule has 0 spiro atoms. The zero-order valence-electron chi connectivity index (χ0n) is 4.67. The molecule has 0 aliphatic carbocycles. The standard InChI is InChI=1S/C6H5.H2N.Zn/c1-2-4-6-5-3-1;;/h1-5H;1H2;/q2*-1;+2. The Balaban J connectivity index is 0. The van der Waals surface area contributed by atoms with Crippen LogP contribution < -0.4 is 0 Å². The fourth-order valence-electron chi connectivity index (χ4n) is 0.342. The Bertz CT molecular complexity index is 80.5. The van der Waals surface area contributed by atoms with Crippen LogP contribution in [0.3, 0.4) is 0 Å². The molecular formula is C6H7NZn. The molecule has 0 saturated heterocycles. The summed E-state index contributed by atoms with van der Waals surface area (Å²) < 4.78 is 0. The maximum Gasteiger partial charge on any atom is 2.00 e. The Kier molecular flexibility index (Phi) is 9.12. The van der Waals surface area contributed by atoms with Crippen LogP contribution in [-0.2, 0) is 19.5 Å². The van der Waals surface area contributed by atoms with E-state index in [0.29, 0.717) is 0 Å². The van der Waals surface area contributed by atoms with Gasteiger partial charge in [-0.2, -0.15) is 36.4 Å². The van der Waals surface area contributed by atoms with E-state index in [-0.39, 0.29) is 25.6 Å². The third-order valence-corrected chi connectivity index (χ3v) is 0.607. The second-order valence-electron chi connectivity index (χ2n) is 1.08. The summed E-state index contributed by atoms with van der Waals surface area (Å²) >= 11 is 0. The van der Waals surface area contributed by atoms with Crippen molar-refractivity contribution < 1.29 is 19.5 Å². The Morgan fingerprint density at radius 3 is 1.50 bits per heavy atom. The maximum absolute atomic E-state index is 2.89. The van der Waals surface area contributed by atoms with Crippen molar-refractivity contribution in [3.05, 3.63) is 42.5 Å². The number of benzene rings is 1. The minimum absolute atomic E-state index is 0. The van der Waals surface area contributed by atoms with E-state index in [4.69, 9.17) is 0 Å². The van der Waals surface area contributed by atoms with Gasteiger partial charge in [0.05, 0.1) is 0 Å². The predicted molar refractivity (Wildman–Crippen MR) is 30.6 cm³/mol. The van der Waals surface area contributed by atoms with Gasteiger partial charge in [-0.15, -0.1) is 0 Å². The number of rotatable bonds is 0. The first kappa shape index (κ1) is 10.7. The Morgan fingerprint density at radius 2 is 1.38 bits per heavy atom. The molecule has 8 heavy (non-hydrogen) atoms. The molecule has 0 aliphatic heterocycles. The molecule has 1 rings (SSSR count). The fourth-order valence-corrected chi connectivity index (χ4v) is 0.342. The molecule has 1 aromatic carbocycles. The van der Waals surface area contributed by atoms with Crippen LogP contribution in [0.4, 0.5) is 0 Å². The summed E-state index contributed by atoms with van der Waals surface area (Å²) in [5.41, 5.74) is 0. The first-order valence-corrected chi connectivity index (χ1v) is 1.91. The summed E-state index contributed by atoms with van der Waals surface area (Å²) in [4.78, 5) is 0. The topological polar surface area (TPSA) is 33.5 Å². The van der Waals surface area contributed by atoms with E-state index in [1.165, 1.54) is 0 Å². The molecule has 0 bridgehead atoms. The molecule has 0 fully saturated rings. The molecular weight excluding hydrogens is 151 g/mol. The Labute approximate surface area is 62.5 Å². The van der Waals surface area contributed by atoms with Crippen LogP contribution in [0.15, 0.2) is 30.3 Å². The first-order chi connectivity index (χ1) is 3.00. The van der Waals surface area contributed by atoms with Crippen LogP contribution in [0, 0.1) is 6.07 Å². The summed E-state index contributed by atoms with van der Waals surface area (Å²) in [7, 11) is 0. The van der Waals surface area contributed by atoms with Gasteiger partial charge in [-0.25, -0.2) is 0 Å². The molecule has 1 aromatic rings. The van der Waals surface area contributed by atoms with E-state index in [0.717, 1.165) is 0 Å². The minimum Gasteiger partial charge on any atom is -0.693 e. The molecule has 1 nitrogen and oxygen atoms in total. The Morgan fingerprint density at radius 1 is 0.875 bits per heavy atom. The van der Waals surface area contributed by atoms with Gasteiger partial charge >= 0.3 is 19.5 Å². The second-order valence-corrected chi connectivity index (χ2v) is 1.08. The third-order valence-electron chi connectivity index (χ3n) is 0.607. The average Bonchev–Trinajstić information content (AvgIpc) is 1.72. The average molecular weight is 159 g/mol. The molecule has 0 amide bonds. The quantitative estimate of drug-likeness (QED) is 0.410. The van der Waals surface area contributed by atoms with Crippen molar-refractivity contribution >= 4 is 0 Å². The van der Waals surface area contributed by atoms with Crippen molar-refractivity contribution in [2.24, 2.45) is 0 Å². The van der Waals surface area contributed by atoms with Crippen molar-refractivity contribution in [1.29, 1.82) is 0 Å². The van der Waals surface area contributed by atoms with E-state index in [2.05, 4.69) is 6.07 Å². The van der Waals surface area contributed by atoms with Gasteiger partial charge < -0.3 is 6.15 Å². The number of hydrogen-bond acceptors (Lipinski definition) is 0. The molecule has 0 saturated carbocycles. The molecule has 0 aliphatic rings. The van der Waals surface area contributed by atoms with Crippen molar-refractivity contribution in [3.8, 4) is 0 Å². The summed E-state index contributed by atoms with van der Waals surface area (Å²) in [5, 5.41) is 0. The van der Waals surface area contributed by atoms with E-state index in [1.54, 1.807) is 0 Å².